The van der Waals surface area contributed by atoms with Gasteiger partial charge in [-0.15, -0.1) is 0 Å². The SMILES string of the molecule is COc1ccc2c(c1)OC(CCC(=O)O)(C(=O)c1ccc(C#N)cc1)C2. The van der Waals surface area contributed by atoms with Gasteiger partial charge in [0.05, 0.1) is 18.7 Å². The van der Waals surface area contributed by atoms with Crippen molar-refractivity contribution in [3.8, 4) is 17.6 Å². The fraction of sp³-hybridized carbons (Fsp3) is 0.250. The fourth-order valence-corrected chi connectivity index (χ4v) is 3.10. The number of nitrogens with zero attached hydrogens (tertiary/aromatic N) is 1. The standard InChI is InChI=1S/C20H17NO5/c1-25-16-7-6-15-11-20(9-8-18(22)23,26-17(15)10-16)19(24)14-4-2-13(12-21)3-5-14/h2-7,10H,8-9,11H2,1H3,(H,22,23). The van der Waals surface area contributed by atoms with Gasteiger partial charge in [0, 0.05) is 30.9 Å². The molecule has 1 aliphatic rings. The number of ether oxygens (including phenoxy) is 2. The van der Waals surface area contributed by atoms with Gasteiger partial charge in [0.1, 0.15) is 11.5 Å². The number of carbonyl (C=O) groups is 2. The number of carboxylic acid groups (broad SMARTS) is 1. The van der Waals surface area contributed by atoms with Crippen LogP contribution >= 0.6 is 0 Å². The number of hydrogen-bond donors (Lipinski definition) is 1. The molecule has 1 atom stereocenters. The van der Waals surface area contributed by atoms with Crippen LogP contribution in [0.4, 0.5) is 0 Å². The highest BCUT2D eigenvalue weighted by Crippen LogP contribution is 2.41. The number of fused-ring (bicyclic) bond motifs is 1. The maximum absolute atomic E-state index is 13.2. The Morgan fingerprint density at radius 1 is 1.27 bits per heavy atom. The minimum absolute atomic E-state index is 0.0537. The molecule has 1 N–H and O–H groups in total. The van der Waals surface area contributed by atoms with E-state index in [1.807, 2.05) is 12.1 Å². The van der Waals surface area contributed by atoms with Gasteiger partial charge in [0.15, 0.2) is 5.60 Å². The van der Waals surface area contributed by atoms with Crippen LogP contribution in [0.3, 0.4) is 0 Å². The highest BCUT2D eigenvalue weighted by molar-refractivity contribution is 6.03. The number of carbonyl (C=O) groups excluding carboxylic acids is 1. The zero-order valence-electron chi connectivity index (χ0n) is 14.2. The van der Waals surface area contributed by atoms with Crippen molar-refractivity contribution in [3.05, 3.63) is 59.2 Å². The maximum atomic E-state index is 13.2. The fourth-order valence-electron chi connectivity index (χ4n) is 3.10. The molecular weight excluding hydrogens is 334 g/mol. The van der Waals surface area contributed by atoms with Gasteiger partial charge >= 0.3 is 5.97 Å². The lowest BCUT2D eigenvalue weighted by Gasteiger charge is -2.27. The summed E-state index contributed by atoms with van der Waals surface area (Å²) in [5.41, 5.74) is 0.384. The van der Waals surface area contributed by atoms with E-state index in [1.165, 1.54) is 7.11 Å². The van der Waals surface area contributed by atoms with Crippen LogP contribution in [0.1, 0.15) is 34.3 Å². The molecule has 0 fully saturated rings. The van der Waals surface area contributed by atoms with Crippen molar-refractivity contribution in [1.82, 2.24) is 0 Å². The Morgan fingerprint density at radius 3 is 2.62 bits per heavy atom. The van der Waals surface area contributed by atoms with Gasteiger partial charge in [-0.05, 0) is 35.9 Å². The van der Waals surface area contributed by atoms with Gasteiger partial charge in [-0.2, -0.15) is 5.26 Å². The van der Waals surface area contributed by atoms with Crippen LogP contribution < -0.4 is 9.47 Å². The third-order valence-corrected chi connectivity index (χ3v) is 4.49. The van der Waals surface area contributed by atoms with Crippen LogP contribution in [0.2, 0.25) is 0 Å². The zero-order chi connectivity index (χ0) is 18.7. The first-order valence-electron chi connectivity index (χ1n) is 8.10. The van der Waals surface area contributed by atoms with Crippen LogP contribution in [-0.2, 0) is 11.2 Å². The van der Waals surface area contributed by atoms with E-state index in [0.717, 1.165) is 5.56 Å². The second-order valence-electron chi connectivity index (χ2n) is 6.16. The molecule has 1 unspecified atom stereocenters. The van der Waals surface area contributed by atoms with E-state index in [9.17, 15) is 9.59 Å². The summed E-state index contributed by atoms with van der Waals surface area (Å²) in [4.78, 5) is 24.3. The van der Waals surface area contributed by atoms with E-state index in [4.69, 9.17) is 19.8 Å². The number of methoxy groups -OCH3 is 1. The Hall–Kier alpha value is -3.33. The van der Waals surface area contributed by atoms with Crippen molar-refractivity contribution in [3.63, 3.8) is 0 Å². The summed E-state index contributed by atoms with van der Waals surface area (Å²) in [7, 11) is 1.54. The number of ketones is 1. The summed E-state index contributed by atoms with van der Waals surface area (Å²) in [5.74, 6) is -0.159. The van der Waals surface area contributed by atoms with E-state index in [2.05, 4.69) is 0 Å². The third-order valence-electron chi connectivity index (χ3n) is 4.49. The van der Waals surface area contributed by atoms with E-state index < -0.39 is 11.6 Å². The van der Waals surface area contributed by atoms with E-state index >= 15 is 0 Å². The predicted molar refractivity (Wildman–Crippen MR) is 92.4 cm³/mol. The second-order valence-corrected chi connectivity index (χ2v) is 6.16. The molecule has 1 heterocycles. The summed E-state index contributed by atoms with van der Waals surface area (Å²) in [6.45, 7) is 0. The van der Waals surface area contributed by atoms with E-state index in [-0.39, 0.29) is 18.6 Å². The highest BCUT2D eigenvalue weighted by atomic mass is 16.5. The van der Waals surface area contributed by atoms with Crippen LogP contribution in [0.15, 0.2) is 42.5 Å². The zero-order valence-corrected chi connectivity index (χ0v) is 14.2. The van der Waals surface area contributed by atoms with Crippen LogP contribution in [0.25, 0.3) is 0 Å². The topological polar surface area (TPSA) is 96.6 Å². The minimum atomic E-state index is -1.28. The lowest BCUT2D eigenvalue weighted by atomic mass is 9.84. The summed E-state index contributed by atoms with van der Waals surface area (Å²) in [6, 6.07) is 13.6. The number of benzene rings is 2. The normalized spacial score (nSPS) is 17.7. The monoisotopic (exact) mass is 351 g/mol. The molecule has 0 radical (unpaired) electrons. The summed E-state index contributed by atoms with van der Waals surface area (Å²) in [5, 5.41) is 18.0. The molecule has 1 aliphatic heterocycles. The van der Waals surface area contributed by atoms with Crippen molar-refractivity contribution in [2.24, 2.45) is 0 Å². The number of Topliss-reactive ketones (excluding diaryl/α,β-unsaturated/α-hetero) is 1. The molecule has 0 bridgehead atoms. The van der Waals surface area contributed by atoms with Crippen molar-refractivity contribution in [2.75, 3.05) is 7.11 Å². The van der Waals surface area contributed by atoms with E-state index in [0.29, 0.717) is 29.0 Å². The van der Waals surface area contributed by atoms with Gasteiger partial charge in [0.2, 0.25) is 5.78 Å². The second kappa shape index (κ2) is 6.89. The van der Waals surface area contributed by atoms with Gasteiger partial charge < -0.3 is 14.6 Å². The lowest BCUT2D eigenvalue weighted by molar-refractivity contribution is -0.137. The molecule has 2 aromatic carbocycles. The first-order chi connectivity index (χ1) is 12.5. The molecule has 0 spiro atoms. The average Bonchev–Trinajstić information content (AvgIpc) is 3.04. The number of carboxylic acids is 1. The smallest absolute Gasteiger partial charge is 0.303 e. The Kier molecular flexibility index (Phi) is 4.63. The first kappa shape index (κ1) is 17.5. The number of nitriles is 1. The molecule has 26 heavy (non-hydrogen) atoms. The summed E-state index contributed by atoms with van der Waals surface area (Å²) in [6.07, 6.45) is 0.156. The average molecular weight is 351 g/mol. The molecule has 6 nitrogen and oxygen atoms in total. The van der Waals surface area contributed by atoms with Gasteiger partial charge in [0.25, 0.3) is 0 Å². The molecule has 0 aliphatic carbocycles. The van der Waals surface area contributed by atoms with Gasteiger partial charge in [-0.1, -0.05) is 6.07 Å². The molecule has 3 rings (SSSR count). The maximum Gasteiger partial charge on any atom is 0.303 e. The Labute approximate surface area is 150 Å². The number of hydrogen-bond acceptors (Lipinski definition) is 5. The molecule has 132 valence electrons. The molecule has 2 aromatic rings. The van der Waals surface area contributed by atoms with Crippen LogP contribution in [0, 0.1) is 11.3 Å². The molecular formula is C20H17NO5. The lowest BCUT2D eigenvalue weighted by Crippen LogP contribution is -2.44. The van der Waals surface area contributed by atoms with Gasteiger partial charge in [-0.25, -0.2) is 0 Å². The molecule has 0 amide bonds. The predicted octanol–water partition coefficient (Wildman–Crippen LogP) is 2.99. The van der Waals surface area contributed by atoms with Crippen LogP contribution in [0.5, 0.6) is 11.5 Å². The van der Waals surface area contributed by atoms with Crippen molar-refractivity contribution in [1.29, 1.82) is 5.26 Å². The van der Waals surface area contributed by atoms with Crippen molar-refractivity contribution < 1.29 is 24.2 Å². The Morgan fingerprint density at radius 2 is 2.00 bits per heavy atom. The quantitative estimate of drug-likeness (QED) is 0.804. The summed E-state index contributed by atoms with van der Waals surface area (Å²) >= 11 is 0. The Balaban J connectivity index is 1.96. The first-order valence-corrected chi connectivity index (χ1v) is 8.10. The van der Waals surface area contributed by atoms with Crippen LogP contribution in [-0.4, -0.2) is 29.6 Å². The van der Waals surface area contributed by atoms with Gasteiger partial charge in [-0.3, -0.25) is 9.59 Å². The molecule has 0 saturated heterocycles. The molecule has 6 heteroatoms. The number of rotatable bonds is 6. The number of aliphatic carboxylic acids is 1. The minimum Gasteiger partial charge on any atom is -0.497 e. The highest BCUT2D eigenvalue weighted by Gasteiger charge is 2.46. The molecule has 0 aromatic heterocycles. The van der Waals surface area contributed by atoms with E-state index in [1.54, 1.807) is 36.4 Å². The Bertz CT molecular complexity index is 897. The van der Waals surface area contributed by atoms with Crippen molar-refractivity contribution in [2.45, 2.75) is 24.9 Å². The largest absolute Gasteiger partial charge is 0.497 e. The van der Waals surface area contributed by atoms with Crippen molar-refractivity contribution >= 4 is 11.8 Å². The summed E-state index contributed by atoms with van der Waals surface area (Å²) < 4.78 is 11.2. The third kappa shape index (κ3) is 3.24. The molecule has 0 saturated carbocycles.